The molecule has 7 heteroatoms. The highest BCUT2D eigenvalue weighted by atomic mass is 32.1. The van der Waals surface area contributed by atoms with Crippen molar-refractivity contribution in [3.05, 3.63) is 64.5 Å². The lowest BCUT2D eigenvalue weighted by Crippen LogP contribution is -2.17. The van der Waals surface area contributed by atoms with Gasteiger partial charge in [0.05, 0.1) is 27.2 Å². The predicted molar refractivity (Wildman–Crippen MR) is 127 cm³/mol. The van der Waals surface area contributed by atoms with Gasteiger partial charge in [-0.2, -0.15) is 0 Å². The number of thiophene rings is 1. The molecule has 0 fully saturated rings. The quantitative estimate of drug-likeness (QED) is 0.442. The van der Waals surface area contributed by atoms with Crippen molar-refractivity contribution in [3.63, 3.8) is 0 Å². The van der Waals surface area contributed by atoms with Gasteiger partial charge >= 0.3 is 5.97 Å². The molecular weight excluding hydrogens is 426 g/mol. The van der Waals surface area contributed by atoms with Crippen LogP contribution >= 0.6 is 11.3 Å². The number of benzene rings is 2. The van der Waals surface area contributed by atoms with E-state index in [9.17, 15) is 9.59 Å². The van der Waals surface area contributed by atoms with E-state index < -0.39 is 5.97 Å². The van der Waals surface area contributed by atoms with Crippen molar-refractivity contribution in [2.75, 3.05) is 26.1 Å². The van der Waals surface area contributed by atoms with E-state index in [2.05, 4.69) is 12.2 Å². The molecule has 168 valence electrons. The topological polar surface area (TPSA) is 73.9 Å². The fourth-order valence-corrected chi connectivity index (χ4v) is 4.30. The van der Waals surface area contributed by atoms with Crippen LogP contribution < -0.4 is 14.8 Å². The minimum absolute atomic E-state index is 0.0911. The second kappa shape index (κ2) is 10.8. The average Bonchev–Trinajstić information content (AvgIpc) is 3.22. The molecule has 0 bridgehead atoms. The number of hydrogen-bond acceptors (Lipinski definition) is 6. The van der Waals surface area contributed by atoms with Gasteiger partial charge in [-0.1, -0.05) is 37.3 Å². The number of anilines is 1. The number of carbonyl (C=O) groups excluding carboxylic acids is 2. The Balaban J connectivity index is 1.88. The monoisotopic (exact) mass is 453 g/mol. The Morgan fingerprint density at radius 2 is 1.75 bits per heavy atom. The molecular formula is C25H27NO5S. The molecule has 1 amide bonds. The van der Waals surface area contributed by atoms with Crippen LogP contribution in [0.5, 0.6) is 11.5 Å². The third-order valence-corrected chi connectivity index (χ3v) is 5.94. The van der Waals surface area contributed by atoms with Gasteiger partial charge in [-0.05, 0) is 30.5 Å². The van der Waals surface area contributed by atoms with Crippen LogP contribution in [0.4, 0.5) is 5.00 Å². The molecule has 0 saturated heterocycles. The Kier molecular flexibility index (Phi) is 7.89. The highest BCUT2D eigenvalue weighted by molar-refractivity contribution is 7.15. The zero-order valence-electron chi connectivity index (χ0n) is 18.7. The van der Waals surface area contributed by atoms with Crippen molar-refractivity contribution < 1.29 is 23.8 Å². The third kappa shape index (κ3) is 5.29. The summed E-state index contributed by atoms with van der Waals surface area (Å²) in [6.45, 7) is 4.10. The summed E-state index contributed by atoms with van der Waals surface area (Å²) in [7, 11) is 3.12. The molecule has 32 heavy (non-hydrogen) atoms. The fourth-order valence-electron chi connectivity index (χ4n) is 3.33. The molecule has 1 aromatic heterocycles. The maximum absolute atomic E-state index is 12.8. The van der Waals surface area contributed by atoms with Crippen molar-refractivity contribution in [2.24, 2.45) is 0 Å². The summed E-state index contributed by atoms with van der Waals surface area (Å²) in [6.07, 6.45) is 1.03. The summed E-state index contributed by atoms with van der Waals surface area (Å²) in [4.78, 5) is 25.6. The molecule has 1 N–H and O–H groups in total. The number of nitrogens with one attached hydrogen (secondary N) is 1. The number of ether oxygens (including phenoxy) is 3. The Hall–Kier alpha value is -3.32. The molecule has 0 aliphatic rings. The molecule has 0 unspecified atom stereocenters. The van der Waals surface area contributed by atoms with Crippen LogP contribution in [-0.2, 0) is 22.4 Å². The Morgan fingerprint density at radius 1 is 1.00 bits per heavy atom. The Bertz CT molecular complexity index is 1090. The molecule has 0 atom stereocenters. The van der Waals surface area contributed by atoms with E-state index in [-0.39, 0.29) is 18.9 Å². The van der Waals surface area contributed by atoms with E-state index in [1.807, 2.05) is 29.6 Å². The average molecular weight is 454 g/mol. The van der Waals surface area contributed by atoms with Crippen molar-refractivity contribution in [1.29, 1.82) is 0 Å². The zero-order valence-corrected chi connectivity index (χ0v) is 19.5. The molecule has 0 radical (unpaired) electrons. The van der Waals surface area contributed by atoms with Crippen LogP contribution in [0.15, 0.2) is 47.8 Å². The number of aryl methyl sites for hydroxylation is 1. The number of carbonyl (C=O) groups is 2. The first-order valence-corrected chi connectivity index (χ1v) is 11.3. The second-order valence-electron chi connectivity index (χ2n) is 7.03. The van der Waals surface area contributed by atoms with Gasteiger partial charge in [-0.25, -0.2) is 4.79 Å². The number of methoxy groups -OCH3 is 2. The maximum Gasteiger partial charge on any atom is 0.341 e. The number of esters is 1. The van der Waals surface area contributed by atoms with E-state index in [1.165, 1.54) is 16.9 Å². The molecule has 2 aromatic carbocycles. The van der Waals surface area contributed by atoms with Gasteiger partial charge in [0, 0.05) is 22.6 Å². The first-order chi connectivity index (χ1) is 15.5. The summed E-state index contributed by atoms with van der Waals surface area (Å²) in [6, 6.07) is 13.3. The lowest BCUT2D eigenvalue weighted by molar-refractivity contribution is -0.115. The number of rotatable bonds is 9. The molecule has 0 spiro atoms. The van der Waals surface area contributed by atoms with Gasteiger partial charge in [0.25, 0.3) is 0 Å². The highest BCUT2D eigenvalue weighted by Gasteiger charge is 2.23. The van der Waals surface area contributed by atoms with Gasteiger partial charge in [0.2, 0.25) is 5.91 Å². The van der Waals surface area contributed by atoms with Gasteiger partial charge in [-0.15, -0.1) is 11.3 Å². The zero-order chi connectivity index (χ0) is 23.1. The van der Waals surface area contributed by atoms with E-state index in [0.717, 1.165) is 23.1 Å². The Labute approximate surface area is 192 Å². The highest BCUT2D eigenvalue weighted by Crippen LogP contribution is 2.36. The molecule has 3 rings (SSSR count). The number of hydrogen-bond donors (Lipinski definition) is 1. The summed E-state index contributed by atoms with van der Waals surface area (Å²) in [5.74, 6) is 0.495. The lowest BCUT2D eigenvalue weighted by Gasteiger charge is -2.11. The van der Waals surface area contributed by atoms with Gasteiger partial charge in [0.15, 0.2) is 0 Å². The van der Waals surface area contributed by atoms with Crippen LogP contribution in [0.3, 0.4) is 0 Å². The van der Waals surface area contributed by atoms with Gasteiger partial charge < -0.3 is 19.5 Å². The van der Waals surface area contributed by atoms with Crippen LogP contribution in [0.25, 0.3) is 11.1 Å². The minimum atomic E-state index is -0.458. The number of amides is 1. The molecule has 6 nitrogen and oxygen atoms in total. The van der Waals surface area contributed by atoms with Crippen molar-refractivity contribution >= 4 is 28.2 Å². The fraction of sp³-hybridized carbons (Fsp3) is 0.280. The van der Waals surface area contributed by atoms with Crippen LogP contribution in [0.2, 0.25) is 0 Å². The third-order valence-electron chi connectivity index (χ3n) is 5.04. The first-order valence-electron chi connectivity index (χ1n) is 10.4. The molecule has 1 heterocycles. The van der Waals surface area contributed by atoms with Crippen molar-refractivity contribution in [3.8, 4) is 22.6 Å². The predicted octanol–water partition coefficient (Wildman–Crippen LogP) is 5.35. The minimum Gasteiger partial charge on any atom is -0.497 e. The molecule has 0 saturated carbocycles. The van der Waals surface area contributed by atoms with Crippen LogP contribution in [0.1, 0.15) is 35.3 Å². The summed E-state index contributed by atoms with van der Waals surface area (Å²) >= 11 is 1.31. The van der Waals surface area contributed by atoms with Gasteiger partial charge in [-0.3, -0.25) is 4.79 Å². The van der Waals surface area contributed by atoms with E-state index in [1.54, 1.807) is 39.3 Å². The largest absolute Gasteiger partial charge is 0.497 e. The van der Waals surface area contributed by atoms with E-state index >= 15 is 0 Å². The summed E-state index contributed by atoms with van der Waals surface area (Å²) in [5, 5.41) is 5.22. The molecule has 0 aliphatic heterocycles. The standard InChI is InChI=1S/C25H27NO5S/c1-5-16-7-9-17(10-8-16)20-15-32-24(23(20)25(28)31-6-2)26-22(27)13-18-11-12-19(29-3)14-21(18)30-4/h7-12,14-15H,5-6,13H2,1-4H3,(H,26,27). The van der Waals surface area contributed by atoms with Crippen LogP contribution in [0, 0.1) is 0 Å². The van der Waals surface area contributed by atoms with E-state index in [0.29, 0.717) is 22.1 Å². The SMILES string of the molecule is CCOC(=O)c1c(-c2ccc(CC)cc2)csc1NC(=O)Cc1ccc(OC)cc1OC. The second-order valence-corrected chi connectivity index (χ2v) is 7.91. The van der Waals surface area contributed by atoms with Crippen molar-refractivity contribution in [1.82, 2.24) is 0 Å². The van der Waals surface area contributed by atoms with Crippen LogP contribution in [-0.4, -0.2) is 32.7 Å². The molecule has 3 aromatic rings. The van der Waals surface area contributed by atoms with Crippen molar-refractivity contribution in [2.45, 2.75) is 26.7 Å². The summed E-state index contributed by atoms with van der Waals surface area (Å²) in [5.41, 5.74) is 3.95. The first kappa shape index (κ1) is 23.3. The normalized spacial score (nSPS) is 10.5. The van der Waals surface area contributed by atoms with Gasteiger partial charge in [0.1, 0.15) is 22.1 Å². The maximum atomic E-state index is 12.8. The smallest absolute Gasteiger partial charge is 0.341 e. The lowest BCUT2D eigenvalue weighted by atomic mass is 10.0. The Morgan fingerprint density at radius 3 is 2.38 bits per heavy atom. The summed E-state index contributed by atoms with van der Waals surface area (Å²) < 4.78 is 15.9. The van der Waals surface area contributed by atoms with E-state index in [4.69, 9.17) is 14.2 Å². The molecule has 0 aliphatic carbocycles.